The average molecular weight is 480 g/mol. The fourth-order valence-electron chi connectivity index (χ4n) is 4.81. The van der Waals surface area contributed by atoms with Gasteiger partial charge in [-0.25, -0.2) is 9.97 Å². The molecule has 1 fully saturated rings. The van der Waals surface area contributed by atoms with E-state index in [0.29, 0.717) is 29.1 Å². The Morgan fingerprint density at radius 1 is 1.18 bits per heavy atom. The molecule has 178 valence electrons. The van der Waals surface area contributed by atoms with Gasteiger partial charge in [0.05, 0.1) is 19.8 Å². The standard InChI is InChI=1S/C27H30ClN3O3/c1-31(17-23-4-3-13-29-26(23)34-2)27(33)20-8-5-18(6-9-20)14-19-7-10-21(15-19)25(32)22-11-12-24(28)30-16-22/h3-6,8-9,11-13,16,19,21,25,32H,7,10,14-15,17H2,1-2H3/t19-,21-,25-/m0/s1. The van der Waals surface area contributed by atoms with Gasteiger partial charge >= 0.3 is 0 Å². The maximum atomic E-state index is 12.9. The van der Waals surface area contributed by atoms with Crippen molar-refractivity contribution in [2.45, 2.75) is 38.3 Å². The molecule has 1 aliphatic rings. The van der Waals surface area contributed by atoms with Gasteiger partial charge in [0.25, 0.3) is 5.91 Å². The molecule has 3 atom stereocenters. The van der Waals surface area contributed by atoms with Crippen LogP contribution in [0.4, 0.5) is 0 Å². The van der Waals surface area contributed by atoms with Crippen LogP contribution in [0.25, 0.3) is 0 Å². The zero-order valence-corrected chi connectivity index (χ0v) is 20.3. The molecule has 0 unspecified atom stereocenters. The minimum absolute atomic E-state index is 0.0434. The second kappa shape index (κ2) is 11.0. The molecule has 2 heterocycles. The summed E-state index contributed by atoms with van der Waals surface area (Å²) >= 11 is 5.86. The lowest BCUT2D eigenvalue weighted by atomic mass is 9.92. The number of halogens is 1. The summed E-state index contributed by atoms with van der Waals surface area (Å²) in [6, 6.07) is 15.2. The molecular weight excluding hydrogens is 450 g/mol. The summed E-state index contributed by atoms with van der Waals surface area (Å²) in [4.78, 5) is 22.9. The maximum absolute atomic E-state index is 12.9. The van der Waals surface area contributed by atoms with Crippen LogP contribution in [-0.2, 0) is 13.0 Å². The number of nitrogens with zero attached hydrogens (tertiary/aromatic N) is 3. The number of pyridine rings is 2. The SMILES string of the molecule is COc1ncccc1CN(C)C(=O)c1ccc(C[C@@H]2CC[C@H]([C@H](O)c3ccc(Cl)nc3)C2)cc1. The number of carbonyl (C=O) groups excluding carboxylic acids is 1. The Morgan fingerprint density at radius 3 is 2.68 bits per heavy atom. The molecule has 0 bridgehead atoms. The topological polar surface area (TPSA) is 75.5 Å². The molecule has 3 aromatic rings. The van der Waals surface area contributed by atoms with Gasteiger partial charge in [-0.1, -0.05) is 35.9 Å². The number of methoxy groups -OCH3 is 1. The predicted molar refractivity (Wildman–Crippen MR) is 132 cm³/mol. The summed E-state index contributed by atoms with van der Waals surface area (Å²) in [5, 5.41) is 11.2. The second-order valence-electron chi connectivity index (χ2n) is 9.03. The van der Waals surface area contributed by atoms with Crippen LogP contribution >= 0.6 is 11.6 Å². The lowest BCUT2D eigenvalue weighted by Crippen LogP contribution is -2.26. The molecule has 7 heteroatoms. The molecule has 1 aromatic carbocycles. The lowest BCUT2D eigenvalue weighted by Gasteiger charge is -2.19. The molecule has 6 nitrogen and oxygen atoms in total. The van der Waals surface area contributed by atoms with Crippen molar-refractivity contribution in [3.63, 3.8) is 0 Å². The number of aliphatic hydroxyl groups excluding tert-OH is 1. The molecule has 1 aliphatic carbocycles. The Morgan fingerprint density at radius 2 is 1.97 bits per heavy atom. The van der Waals surface area contributed by atoms with Gasteiger partial charge in [-0.2, -0.15) is 0 Å². The van der Waals surface area contributed by atoms with Gasteiger partial charge in [0.15, 0.2) is 0 Å². The Bertz CT molecular complexity index is 1100. The first-order chi connectivity index (χ1) is 16.4. The highest BCUT2D eigenvalue weighted by atomic mass is 35.5. The molecule has 1 N–H and O–H groups in total. The first-order valence-corrected chi connectivity index (χ1v) is 11.9. The Hall–Kier alpha value is -2.96. The van der Waals surface area contributed by atoms with Crippen LogP contribution in [0.15, 0.2) is 60.9 Å². The number of rotatable bonds is 8. The molecule has 0 aliphatic heterocycles. The van der Waals surface area contributed by atoms with Crippen LogP contribution in [0, 0.1) is 11.8 Å². The molecule has 2 aromatic heterocycles. The highest BCUT2D eigenvalue weighted by Crippen LogP contribution is 2.40. The number of aliphatic hydroxyl groups is 1. The first kappa shape index (κ1) is 24.2. The zero-order chi connectivity index (χ0) is 24.1. The van der Waals surface area contributed by atoms with Crippen LogP contribution in [0.5, 0.6) is 5.88 Å². The summed E-state index contributed by atoms with van der Waals surface area (Å²) in [5.74, 6) is 1.23. The van der Waals surface area contributed by atoms with E-state index in [4.69, 9.17) is 16.3 Å². The van der Waals surface area contributed by atoms with Gasteiger partial charge in [0.2, 0.25) is 5.88 Å². The van der Waals surface area contributed by atoms with Crippen molar-refractivity contribution in [3.05, 3.63) is 88.3 Å². The molecular formula is C27H30ClN3O3. The Labute approximate surface area is 205 Å². The van der Waals surface area contributed by atoms with E-state index in [1.807, 2.05) is 42.5 Å². The molecule has 1 amide bonds. The normalized spacial score (nSPS) is 18.5. The van der Waals surface area contributed by atoms with Gasteiger partial charge in [0.1, 0.15) is 5.15 Å². The summed E-state index contributed by atoms with van der Waals surface area (Å²) in [7, 11) is 3.36. The largest absolute Gasteiger partial charge is 0.481 e. The number of carbonyl (C=O) groups is 1. The van der Waals surface area contributed by atoms with E-state index in [1.54, 1.807) is 37.5 Å². The smallest absolute Gasteiger partial charge is 0.253 e. The molecule has 34 heavy (non-hydrogen) atoms. The molecule has 4 rings (SSSR count). The predicted octanol–water partition coefficient (Wildman–Crippen LogP) is 5.10. The van der Waals surface area contributed by atoms with Crippen LogP contribution < -0.4 is 4.74 Å². The van der Waals surface area contributed by atoms with Crippen LogP contribution in [0.1, 0.15) is 52.4 Å². The summed E-state index contributed by atoms with van der Waals surface area (Å²) in [6.45, 7) is 0.423. The van der Waals surface area contributed by atoms with E-state index < -0.39 is 6.10 Å². The minimum atomic E-state index is -0.510. The van der Waals surface area contributed by atoms with Crippen molar-refractivity contribution in [1.29, 1.82) is 0 Å². The van der Waals surface area contributed by atoms with Gasteiger partial charge in [-0.05, 0) is 72.9 Å². The Balaban J connectivity index is 1.32. The van der Waals surface area contributed by atoms with Crippen molar-refractivity contribution in [2.75, 3.05) is 14.2 Å². The van der Waals surface area contributed by atoms with Crippen molar-refractivity contribution < 1.29 is 14.6 Å². The summed E-state index contributed by atoms with van der Waals surface area (Å²) in [5.41, 5.74) is 3.56. The number of benzene rings is 1. The fourth-order valence-corrected chi connectivity index (χ4v) is 4.92. The van der Waals surface area contributed by atoms with Gasteiger partial charge in [-0.15, -0.1) is 0 Å². The van der Waals surface area contributed by atoms with E-state index >= 15 is 0 Å². The van der Waals surface area contributed by atoms with Crippen LogP contribution in [-0.4, -0.2) is 40.0 Å². The lowest BCUT2D eigenvalue weighted by molar-refractivity contribution is 0.0784. The van der Waals surface area contributed by atoms with E-state index in [0.717, 1.165) is 36.8 Å². The van der Waals surface area contributed by atoms with Crippen molar-refractivity contribution in [1.82, 2.24) is 14.9 Å². The summed E-state index contributed by atoms with van der Waals surface area (Å²) < 4.78 is 5.29. The number of hydrogen-bond acceptors (Lipinski definition) is 5. The minimum Gasteiger partial charge on any atom is -0.481 e. The number of ether oxygens (including phenoxy) is 1. The van der Waals surface area contributed by atoms with E-state index in [9.17, 15) is 9.90 Å². The van der Waals surface area contributed by atoms with Gasteiger partial charge < -0.3 is 14.7 Å². The van der Waals surface area contributed by atoms with E-state index in [-0.39, 0.29) is 11.8 Å². The third kappa shape index (κ3) is 5.75. The van der Waals surface area contributed by atoms with Crippen molar-refractivity contribution in [3.8, 4) is 5.88 Å². The zero-order valence-electron chi connectivity index (χ0n) is 19.5. The monoisotopic (exact) mass is 479 g/mol. The maximum Gasteiger partial charge on any atom is 0.253 e. The first-order valence-electron chi connectivity index (χ1n) is 11.6. The van der Waals surface area contributed by atoms with E-state index in [1.165, 1.54) is 5.56 Å². The highest BCUT2D eigenvalue weighted by molar-refractivity contribution is 6.29. The van der Waals surface area contributed by atoms with Crippen molar-refractivity contribution in [2.24, 2.45) is 11.8 Å². The number of aromatic nitrogens is 2. The van der Waals surface area contributed by atoms with Crippen LogP contribution in [0.3, 0.4) is 0 Å². The van der Waals surface area contributed by atoms with Gasteiger partial charge in [0, 0.05) is 30.6 Å². The summed E-state index contributed by atoms with van der Waals surface area (Å²) in [6.07, 6.45) is 6.82. The molecule has 0 spiro atoms. The number of amides is 1. The second-order valence-corrected chi connectivity index (χ2v) is 9.42. The van der Waals surface area contributed by atoms with E-state index in [2.05, 4.69) is 9.97 Å². The van der Waals surface area contributed by atoms with Gasteiger partial charge in [-0.3, -0.25) is 4.79 Å². The van der Waals surface area contributed by atoms with Crippen LogP contribution in [0.2, 0.25) is 5.15 Å². The third-order valence-electron chi connectivity index (χ3n) is 6.64. The highest BCUT2D eigenvalue weighted by Gasteiger charge is 2.31. The average Bonchev–Trinajstić information content (AvgIpc) is 3.33. The molecule has 0 saturated heterocycles. The quantitative estimate of drug-likeness (QED) is 0.455. The Kier molecular flexibility index (Phi) is 7.80. The number of hydrogen-bond donors (Lipinski definition) is 1. The van der Waals surface area contributed by atoms with Crippen molar-refractivity contribution >= 4 is 17.5 Å². The molecule has 1 saturated carbocycles. The third-order valence-corrected chi connectivity index (χ3v) is 6.87. The fraction of sp³-hybridized carbons (Fsp3) is 0.370. The molecule has 0 radical (unpaired) electrons.